The molecule has 0 amide bonds. The molecule has 16 atom stereocenters. The van der Waals surface area contributed by atoms with Gasteiger partial charge in [0.15, 0.2) is 31.1 Å². The Morgan fingerprint density at radius 3 is 1.67 bits per heavy atom. The van der Waals surface area contributed by atoms with Crippen LogP contribution in [-0.2, 0) is 66.5 Å². The molecule has 3 saturated heterocycles. The van der Waals surface area contributed by atoms with Gasteiger partial charge in [0.2, 0.25) is 0 Å². The lowest BCUT2D eigenvalue weighted by molar-refractivity contribution is -0.380. The predicted octanol–water partition coefficient (Wildman–Crippen LogP) is 3.65. The van der Waals surface area contributed by atoms with E-state index in [9.17, 15) is 45.0 Å². The first-order chi connectivity index (χ1) is 33.1. The van der Waals surface area contributed by atoms with E-state index < -0.39 is 105 Å². The van der Waals surface area contributed by atoms with Crippen molar-refractivity contribution in [3.8, 4) is 0 Å². The third kappa shape index (κ3) is 21.8. The summed E-state index contributed by atoms with van der Waals surface area (Å²) in [6.07, 6.45) is 0.397. The van der Waals surface area contributed by atoms with Gasteiger partial charge in [-0.25, -0.2) is 4.79 Å². The van der Waals surface area contributed by atoms with Gasteiger partial charge in [0.1, 0.15) is 61.5 Å². The van der Waals surface area contributed by atoms with Crippen LogP contribution < -0.4 is 0 Å². The maximum atomic E-state index is 11.9. The van der Waals surface area contributed by atoms with Gasteiger partial charge in [0.25, 0.3) is 0 Å². The molecule has 3 unspecified atom stereocenters. The first-order valence-electron chi connectivity index (χ1n) is 25.5. The molecule has 3 fully saturated rings. The molecular weight excluding hydrogens is 909 g/mol. The van der Waals surface area contributed by atoms with Crippen molar-refractivity contribution in [2.24, 2.45) is 0 Å². The standard InChI is InChI=1S/C49H88O20/c1-7-8-9-19-24-34(26-22-25-33(59-4)23-20-17-15-13-11-10-12-14-16-18-21-27-36(60-5)46(58)61-6)66-48-44(39(53)35(52)28-63-48)69-49-45(41(55)38(30-64-49)65-32(3)51)68-47-43(57)42(56)40(54)37(67-47)29-62-31(2)50/h33-45,47-49,52-57H,7-30H2,1-6H3/t33?,34?,35-,36?,37-,38-,39+,40-,41+,42+,43-,44-,45-,47+,48+,49+/m1/s1. The lowest BCUT2D eigenvalue weighted by Gasteiger charge is -2.46. The average molecular weight is 997 g/mol. The smallest absolute Gasteiger partial charge is 0.334 e. The molecule has 0 aromatic heterocycles. The van der Waals surface area contributed by atoms with E-state index in [2.05, 4.69) is 6.92 Å². The summed E-state index contributed by atoms with van der Waals surface area (Å²) in [5, 5.41) is 65.7. The van der Waals surface area contributed by atoms with Crippen LogP contribution in [0.3, 0.4) is 0 Å². The van der Waals surface area contributed by atoms with Crippen LogP contribution in [0.1, 0.15) is 156 Å². The Morgan fingerprint density at radius 2 is 1.09 bits per heavy atom. The van der Waals surface area contributed by atoms with Gasteiger partial charge in [0, 0.05) is 28.1 Å². The van der Waals surface area contributed by atoms with Crippen molar-refractivity contribution in [1.29, 1.82) is 0 Å². The molecule has 0 bridgehead atoms. The van der Waals surface area contributed by atoms with Crippen molar-refractivity contribution < 1.29 is 97.1 Å². The highest BCUT2D eigenvalue weighted by Gasteiger charge is 2.52. The van der Waals surface area contributed by atoms with Crippen LogP contribution in [0.25, 0.3) is 0 Å². The summed E-state index contributed by atoms with van der Waals surface area (Å²) < 4.78 is 62.5. The molecule has 0 spiro atoms. The Morgan fingerprint density at radius 1 is 0.551 bits per heavy atom. The highest BCUT2D eigenvalue weighted by molar-refractivity contribution is 5.74. The van der Waals surface area contributed by atoms with Gasteiger partial charge >= 0.3 is 17.9 Å². The summed E-state index contributed by atoms with van der Waals surface area (Å²) in [5.74, 6) is -1.74. The summed E-state index contributed by atoms with van der Waals surface area (Å²) in [4.78, 5) is 35.1. The van der Waals surface area contributed by atoms with E-state index in [0.717, 1.165) is 90.9 Å². The fourth-order valence-electron chi connectivity index (χ4n) is 9.02. The molecule has 20 nitrogen and oxygen atoms in total. The Bertz CT molecular complexity index is 1390. The zero-order valence-corrected chi connectivity index (χ0v) is 42.1. The number of unbranched alkanes of at least 4 members (excludes halogenated alkanes) is 13. The Labute approximate surface area is 409 Å². The maximum absolute atomic E-state index is 11.9. The summed E-state index contributed by atoms with van der Waals surface area (Å²) in [6.45, 7) is 3.27. The Balaban J connectivity index is 1.56. The molecule has 20 heteroatoms. The van der Waals surface area contributed by atoms with Crippen LogP contribution in [0.4, 0.5) is 0 Å². The summed E-state index contributed by atoms with van der Waals surface area (Å²) in [5.41, 5.74) is 0. The van der Waals surface area contributed by atoms with Crippen LogP contribution in [0, 0.1) is 0 Å². The topological polar surface area (TPSA) is 274 Å². The summed E-state index contributed by atoms with van der Waals surface area (Å²) in [7, 11) is 4.67. The second kappa shape index (κ2) is 34.3. The number of aliphatic hydroxyl groups is 6. The molecule has 0 aromatic rings. The number of carbonyl (C=O) groups excluding carboxylic acids is 3. The number of ether oxygens (including phenoxy) is 11. The fraction of sp³-hybridized carbons (Fsp3) is 0.939. The monoisotopic (exact) mass is 997 g/mol. The second-order valence-corrected chi connectivity index (χ2v) is 18.7. The number of aliphatic hydroxyl groups excluding tert-OH is 6. The SMILES string of the molecule is CCCCCCC(CCCC(CCCCCCCCCCCCCC(OC)C(=O)OC)OC)O[C@@H]1OC[C@@H](O)[C@H](O)[C@H]1O[C@@H]1OC[C@@H](OC(C)=O)[C@H](O)[C@H]1O[C@@H]1O[C@H](COC(C)=O)[C@@H](O)[C@H](O)[C@H]1O. The minimum Gasteiger partial charge on any atom is -0.467 e. The van der Waals surface area contributed by atoms with E-state index in [4.69, 9.17) is 52.1 Å². The zero-order chi connectivity index (χ0) is 50.7. The van der Waals surface area contributed by atoms with Crippen molar-refractivity contribution in [1.82, 2.24) is 0 Å². The van der Waals surface area contributed by atoms with Crippen molar-refractivity contribution in [3.63, 3.8) is 0 Å². The number of hydrogen-bond acceptors (Lipinski definition) is 20. The number of esters is 3. The van der Waals surface area contributed by atoms with E-state index in [1.54, 1.807) is 7.11 Å². The minimum atomic E-state index is -1.88. The largest absolute Gasteiger partial charge is 0.467 e. The number of rotatable bonds is 35. The first kappa shape index (κ1) is 61.2. The number of hydrogen-bond donors (Lipinski definition) is 6. The highest BCUT2D eigenvalue weighted by Crippen LogP contribution is 2.33. The van der Waals surface area contributed by atoms with E-state index in [1.165, 1.54) is 52.7 Å². The lowest BCUT2D eigenvalue weighted by Crippen LogP contribution is -2.65. The van der Waals surface area contributed by atoms with Gasteiger partial charge in [-0.15, -0.1) is 0 Å². The van der Waals surface area contributed by atoms with Gasteiger partial charge in [-0.2, -0.15) is 0 Å². The van der Waals surface area contributed by atoms with Gasteiger partial charge in [0.05, 0.1) is 32.5 Å². The third-order valence-electron chi connectivity index (χ3n) is 13.2. The quantitative estimate of drug-likeness (QED) is 0.0300. The van der Waals surface area contributed by atoms with Crippen molar-refractivity contribution in [2.75, 3.05) is 41.2 Å². The lowest BCUT2D eigenvalue weighted by atomic mass is 9.98. The number of methoxy groups -OCH3 is 3. The molecule has 0 radical (unpaired) electrons. The van der Waals surface area contributed by atoms with E-state index >= 15 is 0 Å². The molecule has 69 heavy (non-hydrogen) atoms. The van der Waals surface area contributed by atoms with Gasteiger partial charge < -0.3 is 82.7 Å². The van der Waals surface area contributed by atoms with Crippen LogP contribution in [0.15, 0.2) is 0 Å². The normalized spacial score (nSPS) is 30.9. The maximum Gasteiger partial charge on any atom is 0.334 e. The van der Waals surface area contributed by atoms with Gasteiger partial charge in [-0.1, -0.05) is 103 Å². The van der Waals surface area contributed by atoms with Crippen molar-refractivity contribution in [2.45, 2.75) is 254 Å². The average Bonchev–Trinajstić information content (AvgIpc) is 3.32. The van der Waals surface area contributed by atoms with Gasteiger partial charge in [-0.3, -0.25) is 9.59 Å². The fourth-order valence-corrected chi connectivity index (χ4v) is 9.02. The number of carbonyl (C=O) groups is 3. The van der Waals surface area contributed by atoms with E-state index in [-0.39, 0.29) is 31.4 Å². The van der Waals surface area contributed by atoms with Crippen LogP contribution in [-0.4, -0.2) is 188 Å². The molecular formula is C49H88O20. The van der Waals surface area contributed by atoms with E-state index in [1.807, 2.05) is 0 Å². The van der Waals surface area contributed by atoms with Crippen molar-refractivity contribution in [3.05, 3.63) is 0 Å². The van der Waals surface area contributed by atoms with Crippen LogP contribution >= 0.6 is 0 Å². The minimum absolute atomic E-state index is 0.0899. The Kier molecular flexibility index (Phi) is 30.4. The van der Waals surface area contributed by atoms with Crippen molar-refractivity contribution >= 4 is 17.9 Å². The second-order valence-electron chi connectivity index (χ2n) is 18.7. The molecule has 3 heterocycles. The van der Waals surface area contributed by atoms with Gasteiger partial charge in [-0.05, 0) is 38.5 Å². The molecule has 0 aromatic carbocycles. The molecule has 3 aliphatic heterocycles. The highest BCUT2D eigenvalue weighted by atomic mass is 16.8. The molecule has 3 rings (SSSR count). The third-order valence-corrected chi connectivity index (χ3v) is 13.2. The molecule has 0 aliphatic carbocycles. The molecule has 6 N–H and O–H groups in total. The van der Waals surface area contributed by atoms with Crippen LogP contribution in [0.2, 0.25) is 0 Å². The predicted molar refractivity (Wildman–Crippen MR) is 247 cm³/mol. The first-order valence-corrected chi connectivity index (χ1v) is 25.5. The van der Waals surface area contributed by atoms with E-state index in [0.29, 0.717) is 19.3 Å². The molecule has 404 valence electrons. The molecule has 3 aliphatic rings. The summed E-state index contributed by atoms with van der Waals surface area (Å²) in [6, 6.07) is 0. The zero-order valence-electron chi connectivity index (χ0n) is 42.1. The summed E-state index contributed by atoms with van der Waals surface area (Å²) >= 11 is 0. The molecule has 0 saturated carbocycles. The Hall–Kier alpha value is -2.15. The van der Waals surface area contributed by atoms with Crippen LogP contribution in [0.5, 0.6) is 0 Å².